The maximum atomic E-state index is 12.7. The Balaban J connectivity index is 2.00. The molecule has 0 fully saturated rings. The highest BCUT2D eigenvalue weighted by atomic mass is 16.6. The van der Waals surface area contributed by atoms with Crippen LogP contribution in [0.2, 0.25) is 0 Å². The van der Waals surface area contributed by atoms with E-state index in [-0.39, 0.29) is 24.1 Å². The lowest BCUT2D eigenvalue weighted by atomic mass is 10.1. The minimum absolute atomic E-state index is 0.133. The summed E-state index contributed by atoms with van der Waals surface area (Å²) in [6.45, 7) is 2.01. The smallest absolute Gasteiger partial charge is 0.366 e. The van der Waals surface area contributed by atoms with Crippen LogP contribution in [-0.4, -0.2) is 21.9 Å². The molecule has 2 heterocycles. The number of nitriles is 1. The molecule has 0 radical (unpaired) electrons. The maximum absolute atomic E-state index is 12.7. The van der Waals surface area contributed by atoms with E-state index < -0.39 is 11.0 Å². The summed E-state index contributed by atoms with van der Waals surface area (Å²) >= 11 is 0. The molecule has 0 aliphatic carbocycles. The molecular weight excluding hydrogens is 324 g/mol. The first kappa shape index (κ1) is 16.4. The van der Waals surface area contributed by atoms with Crippen molar-refractivity contribution >= 4 is 17.5 Å². The quantitative estimate of drug-likeness (QED) is 0.626. The number of nitrogens with zero attached hydrogens (tertiary/aromatic N) is 4. The molecule has 0 N–H and O–H groups in total. The third-order valence-electron chi connectivity index (χ3n) is 3.87. The Morgan fingerprint density at radius 3 is 2.64 bits per heavy atom. The number of hydrogen-bond acceptors (Lipinski definition) is 6. The summed E-state index contributed by atoms with van der Waals surface area (Å²) in [6.07, 6.45) is -0.187. The number of pyridine rings is 1. The summed E-state index contributed by atoms with van der Waals surface area (Å²) in [5.74, 6) is -0.179. The number of carbonyl (C=O) groups excluding carboxylic acids is 1. The normalized spacial score (nSPS) is 15.9. The van der Waals surface area contributed by atoms with E-state index in [1.165, 1.54) is 17.0 Å². The Morgan fingerprint density at radius 1 is 1.32 bits per heavy atom. The van der Waals surface area contributed by atoms with E-state index in [9.17, 15) is 14.9 Å². The molecule has 1 aliphatic rings. The van der Waals surface area contributed by atoms with Crippen molar-refractivity contribution in [2.45, 2.75) is 26.0 Å². The third kappa shape index (κ3) is 3.12. The van der Waals surface area contributed by atoms with Crippen molar-refractivity contribution in [3.8, 4) is 11.8 Å². The first-order valence-electron chi connectivity index (χ1n) is 7.66. The van der Waals surface area contributed by atoms with Crippen molar-refractivity contribution < 1.29 is 14.5 Å². The largest absolute Gasteiger partial charge is 0.474 e. The number of rotatable bonds is 4. The second kappa shape index (κ2) is 6.57. The average Bonchev–Trinajstić information content (AvgIpc) is 2.63. The molecule has 8 heteroatoms. The fourth-order valence-electron chi connectivity index (χ4n) is 2.57. The Morgan fingerprint density at radius 2 is 2.04 bits per heavy atom. The highest BCUT2D eigenvalue weighted by Crippen LogP contribution is 2.35. The van der Waals surface area contributed by atoms with Crippen LogP contribution in [-0.2, 0) is 11.3 Å². The van der Waals surface area contributed by atoms with E-state index in [0.29, 0.717) is 17.7 Å². The zero-order valence-electron chi connectivity index (χ0n) is 13.4. The molecule has 0 saturated heterocycles. The second-order valence-corrected chi connectivity index (χ2v) is 5.50. The Hall–Kier alpha value is -3.47. The highest BCUT2D eigenvalue weighted by molar-refractivity contribution is 5.99. The minimum Gasteiger partial charge on any atom is -0.474 e. The Labute approximate surface area is 143 Å². The van der Waals surface area contributed by atoms with Gasteiger partial charge in [-0.15, -0.1) is 0 Å². The van der Waals surface area contributed by atoms with Crippen LogP contribution in [0.3, 0.4) is 0 Å². The van der Waals surface area contributed by atoms with Crippen LogP contribution in [0, 0.1) is 21.4 Å². The minimum atomic E-state index is -0.658. The number of anilines is 1. The number of nitro groups is 1. The molecule has 0 spiro atoms. The lowest BCUT2D eigenvalue weighted by Crippen LogP contribution is -2.45. The van der Waals surface area contributed by atoms with E-state index in [2.05, 4.69) is 4.98 Å². The molecule has 1 atom stereocenters. The van der Waals surface area contributed by atoms with Crippen LogP contribution in [0.1, 0.15) is 24.5 Å². The van der Waals surface area contributed by atoms with Gasteiger partial charge in [-0.1, -0.05) is 19.1 Å². The first-order valence-corrected chi connectivity index (χ1v) is 7.66. The summed E-state index contributed by atoms with van der Waals surface area (Å²) in [7, 11) is 0. The van der Waals surface area contributed by atoms with Gasteiger partial charge in [-0.05, 0) is 40.1 Å². The Kier molecular flexibility index (Phi) is 4.31. The van der Waals surface area contributed by atoms with E-state index in [1.807, 2.05) is 13.0 Å². The molecule has 2 aromatic rings. The van der Waals surface area contributed by atoms with Crippen LogP contribution in [0.25, 0.3) is 0 Å². The molecule has 0 bridgehead atoms. The van der Waals surface area contributed by atoms with Crippen LogP contribution >= 0.6 is 0 Å². The summed E-state index contributed by atoms with van der Waals surface area (Å²) in [5.41, 5.74) is 1.29. The molecule has 1 aromatic heterocycles. The average molecular weight is 338 g/mol. The number of benzene rings is 1. The van der Waals surface area contributed by atoms with Gasteiger partial charge < -0.3 is 14.9 Å². The van der Waals surface area contributed by atoms with Crippen LogP contribution in [0.5, 0.6) is 5.75 Å². The van der Waals surface area contributed by atoms with E-state index >= 15 is 0 Å². The van der Waals surface area contributed by atoms with Gasteiger partial charge in [-0.25, -0.2) is 0 Å². The summed E-state index contributed by atoms with van der Waals surface area (Å²) in [6, 6.07) is 11.5. The number of ether oxygens (including phenoxy) is 1. The molecular formula is C17H14N4O4. The zero-order valence-corrected chi connectivity index (χ0v) is 13.4. The molecule has 3 rings (SSSR count). The van der Waals surface area contributed by atoms with Gasteiger partial charge in [0.25, 0.3) is 11.7 Å². The molecule has 25 heavy (non-hydrogen) atoms. The van der Waals surface area contributed by atoms with E-state index in [4.69, 9.17) is 10.00 Å². The lowest BCUT2D eigenvalue weighted by Gasteiger charge is -2.30. The van der Waals surface area contributed by atoms with Gasteiger partial charge in [-0.3, -0.25) is 9.69 Å². The monoisotopic (exact) mass is 338 g/mol. The number of amides is 1. The highest BCUT2D eigenvalue weighted by Gasteiger charge is 2.38. The predicted octanol–water partition coefficient (Wildman–Crippen LogP) is 2.57. The van der Waals surface area contributed by atoms with Crippen LogP contribution in [0.4, 0.5) is 11.6 Å². The fraction of sp³-hybridized carbons (Fsp3) is 0.235. The number of fused-ring (bicyclic) bond motifs is 1. The van der Waals surface area contributed by atoms with Crippen molar-refractivity contribution in [2.24, 2.45) is 0 Å². The molecule has 126 valence electrons. The zero-order chi connectivity index (χ0) is 18.0. The standard InChI is InChI=1S/C17H14N4O4/c1-2-13-17(22)20(10-12-5-3-11(9-18)4-6-12)16-14(25-13)7-8-15(19-16)21(23)24/h3-8,13H,2,10H2,1H3. The first-order chi connectivity index (χ1) is 12.0. The van der Waals surface area contributed by atoms with Gasteiger partial charge in [0, 0.05) is 6.07 Å². The second-order valence-electron chi connectivity index (χ2n) is 5.50. The maximum Gasteiger partial charge on any atom is 0.366 e. The number of hydrogen-bond donors (Lipinski definition) is 0. The molecule has 0 saturated carbocycles. The van der Waals surface area contributed by atoms with E-state index in [0.717, 1.165) is 5.56 Å². The summed E-state index contributed by atoms with van der Waals surface area (Å²) in [4.78, 5) is 28.4. The van der Waals surface area contributed by atoms with Gasteiger partial charge in [0.15, 0.2) is 11.9 Å². The summed E-state index contributed by atoms with van der Waals surface area (Å²) < 4.78 is 5.61. The van der Waals surface area contributed by atoms with Crippen molar-refractivity contribution in [2.75, 3.05) is 4.90 Å². The van der Waals surface area contributed by atoms with Gasteiger partial charge in [-0.2, -0.15) is 5.26 Å². The van der Waals surface area contributed by atoms with Crippen molar-refractivity contribution in [1.29, 1.82) is 5.26 Å². The van der Waals surface area contributed by atoms with Crippen molar-refractivity contribution in [3.63, 3.8) is 0 Å². The number of aromatic nitrogens is 1. The number of carbonyl (C=O) groups is 1. The topological polar surface area (TPSA) is 109 Å². The third-order valence-corrected chi connectivity index (χ3v) is 3.87. The van der Waals surface area contributed by atoms with Crippen LogP contribution in [0.15, 0.2) is 36.4 Å². The summed E-state index contributed by atoms with van der Waals surface area (Å²) in [5, 5.41) is 19.9. The Bertz CT molecular complexity index is 873. The van der Waals surface area contributed by atoms with Gasteiger partial charge in [0.05, 0.1) is 18.2 Å². The molecule has 8 nitrogen and oxygen atoms in total. The SMILES string of the molecule is CCC1Oc2ccc([N+](=O)[O-])nc2N(Cc2ccc(C#N)cc2)C1=O. The fourth-order valence-corrected chi connectivity index (χ4v) is 2.57. The van der Waals surface area contributed by atoms with Gasteiger partial charge >= 0.3 is 5.82 Å². The van der Waals surface area contributed by atoms with Crippen molar-refractivity contribution in [3.05, 3.63) is 57.6 Å². The molecule has 1 aromatic carbocycles. The molecule has 1 aliphatic heterocycles. The predicted molar refractivity (Wildman–Crippen MR) is 87.9 cm³/mol. The lowest BCUT2D eigenvalue weighted by molar-refractivity contribution is -0.389. The molecule has 1 unspecified atom stereocenters. The van der Waals surface area contributed by atoms with E-state index in [1.54, 1.807) is 24.3 Å². The van der Waals surface area contributed by atoms with Crippen molar-refractivity contribution in [1.82, 2.24) is 4.98 Å². The van der Waals surface area contributed by atoms with Gasteiger partial charge in [0.1, 0.15) is 0 Å². The van der Waals surface area contributed by atoms with Crippen LogP contribution < -0.4 is 9.64 Å². The van der Waals surface area contributed by atoms with Gasteiger partial charge in [0.2, 0.25) is 0 Å². The molecule has 1 amide bonds.